The van der Waals surface area contributed by atoms with Gasteiger partial charge in [0.1, 0.15) is 0 Å². The number of aliphatic hydroxyl groups is 1. The van der Waals surface area contributed by atoms with Crippen molar-refractivity contribution in [2.75, 3.05) is 17.3 Å². The smallest absolute Gasteiger partial charge is 0.273 e. The van der Waals surface area contributed by atoms with Crippen molar-refractivity contribution >= 4 is 17.1 Å². The summed E-state index contributed by atoms with van der Waals surface area (Å²) >= 11 is 0. The summed E-state index contributed by atoms with van der Waals surface area (Å²) in [7, 11) is 0. The summed E-state index contributed by atoms with van der Waals surface area (Å²) in [6, 6.07) is 4.50. The topological polar surface area (TPSA) is 113 Å². The molecule has 0 bridgehead atoms. The molecule has 7 nitrogen and oxygen atoms in total. The van der Waals surface area contributed by atoms with Crippen molar-refractivity contribution in [2.24, 2.45) is 5.84 Å². The number of rotatable bonds is 7. The minimum Gasteiger partial charge on any atom is -0.393 e. The van der Waals surface area contributed by atoms with Gasteiger partial charge in [-0.25, -0.2) is 0 Å². The number of nitrogens with zero attached hydrogens (tertiary/aromatic N) is 1. The van der Waals surface area contributed by atoms with E-state index in [0.717, 1.165) is 6.42 Å². The number of nitro groups is 1. The summed E-state index contributed by atoms with van der Waals surface area (Å²) in [6.45, 7) is 2.36. The van der Waals surface area contributed by atoms with Gasteiger partial charge in [-0.3, -0.25) is 16.0 Å². The Labute approximate surface area is 105 Å². The lowest BCUT2D eigenvalue weighted by atomic mass is 10.2. The van der Waals surface area contributed by atoms with Gasteiger partial charge in [-0.1, -0.05) is 0 Å². The average molecular weight is 254 g/mol. The van der Waals surface area contributed by atoms with Gasteiger partial charge in [0.25, 0.3) is 5.69 Å². The molecule has 0 radical (unpaired) electrons. The van der Waals surface area contributed by atoms with Gasteiger partial charge in [0, 0.05) is 24.4 Å². The van der Waals surface area contributed by atoms with Crippen molar-refractivity contribution in [3.8, 4) is 0 Å². The average Bonchev–Trinajstić information content (AvgIpc) is 2.34. The Balaban J connectivity index is 2.64. The Hall–Kier alpha value is -1.86. The highest BCUT2D eigenvalue weighted by Crippen LogP contribution is 2.23. The molecule has 0 heterocycles. The van der Waals surface area contributed by atoms with E-state index < -0.39 is 4.92 Å². The van der Waals surface area contributed by atoms with Gasteiger partial charge in [0.05, 0.1) is 16.7 Å². The Morgan fingerprint density at radius 1 is 1.44 bits per heavy atom. The van der Waals surface area contributed by atoms with Crippen molar-refractivity contribution in [2.45, 2.75) is 25.9 Å². The van der Waals surface area contributed by atoms with Crippen LogP contribution in [0.4, 0.5) is 17.1 Å². The lowest BCUT2D eigenvalue weighted by molar-refractivity contribution is -0.384. The van der Waals surface area contributed by atoms with Crippen LogP contribution in [0.15, 0.2) is 18.2 Å². The van der Waals surface area contributed by atoms with Gasteiger partial charge in [-0.05, 0) is 25.8 Å². The van der Waals surface area contributed by atoms with Crippen LogP contribution in [-0.2, 0) is 0 Å². The molecule has 7 heteroatoms. The zero-order valence-electron chi connectivity index (χ0n) is 10.2. The lowest BCUT2D eigenvalue weighted by Gasteiger charge is -2.09. The van der Waals surface area contributed by atoms with Crippen LogP contribution in [0.3, 0.4) is 0 Å². The quantitative estimate of drug-likeness (QED) is 0.253. The minimum absolute atomic E-state index is 0.0246. The van der Waals surface area contributed by atoms with Gasteiger partial charge in [0.15, 0.2) is 0 Å². The van der Waals surface area contributed by atoms with Crippen LogP contribution in [-0.4, -0.2) is 22.7 Å². The van der Waals surface area contributed by atoms with E-state index in [1.54, 1.807) is 13.0 Å². The molecule has 1 rings (SSSR count). The van der Waals surface area contributed by atoms with Crippen LogP contribution >= 0.6 is 0 Å². The maximum atomic E-state index is 10.7. The summed E-state index contributed by atoms with van der Waals surface area (Å²) in [4.78, 5) is 10.2. The fourth-order valence-corrected chi connectivity index (χ4v) is 1.53. The van der Waals surface area contributed by atoms with Crippen molar-refractivity contribution in [1.82, 2.24) is 0 Å². The summed E-state index contributed by atoms with van der Waals surface area (Å²) < 4.78 is 0. The number of nitrogens with two attached hydrogens (primary N) is 1. The SMILES string of the molecule is CC(O)CCCNc1cc(NN)cc([N+](=O)[O-])c1. The van der Waals surface area contributed by atoms with Crippen LogP contribution in [0.25, 0.3) is 0 Å². The highest BCUT2D eigenvalue weighted by molar-refractivity contribution is 5.63. The third-order valence-corrected chi connectivity index (χ3v) is 2.42. The Morgan fingerprint density at radius 3 is 2.67 bits per heavy atom. The highest BCUT2D eigenvalue weighted by Gasteiger charge is 2.09. The number of hydrogen-bond acceptors (Lipinski definition) is 6. The van der Waals surface area contributed by atoms with E-state index in [0.29, 0.717) is 24.3 Å². The molecule has 0 amide bonds. The molecule has 1 atom stereocenters. The maximum Gasteiger partial charge on any atom is 0.273 e. The molecule has 0 aromatic heterocycles. The Morgan fingerprint density at radius 2 is 2.11 bits per heavy atom. The van der Waals surface area contributed by atoms with Gasteiger partial charge < -0.3 is 15.8 Å². The molecule has 1 unspecified atom stereocenters. The fraction of sp³-hybridized carbons (Fsp3) is 0.455. The summed E-state index contributed by atoms with van der Waals surface area (Å²) in [6.07, 6.45) is 1.13. The number of hydrogen-bond donors (Lipinski definition) is 4. The molecule has 0 aliphatic heterocycles. The number of non-ortho nitro benzene ring substituents is 1. The largest absolute Gasteiger partial charge is 0.393 e. The molecular formula is C11H18N4O3. The summed E-state index contributed by atoms with van der Waals surface area (Å²) in [5.41, 5.74) is 3.46. The number of hydrazine groups is 1. The second-order valence-corrected chi connectivity index (χ2v) is 4.09. The molecule has 0 aliphatic rings. The third kappa shape index (κ3) is 4.56. The number of nitrogens with one attached hydrogen (secondary N) is 2. The van der Waals surface area contributed by atoms with E-state index in [4.69, 9.17) is 10.9 Å². The van der Waals surface area contributed by atoms with Gasteiger partial charge >= 0.3 is 0 Å². The van der Waals surface area contributed by atoms with Crippen LogP contribution < -0.4 is 16.6 Å². The Bertz CT molecular complexity index is 409. The second kappa shape index (κ2) is 6.77. The predicted molar refractivity (Wildman–Crippen MR) is 70.3 cm³/mol. The first-order chi connectivity index (χ1) is 8.52. The first kappa shape index (κ1) is 14.2. The molecule has 18 heavy (non-hydrogen) atoms. The van der Waals surface area contributed by atoms with Crippen LogP contribution in [0.5, 0.6) is 0 Å². The van der Waals surface area contributed by atoms with Crippen molar-refractivity contribution in [1.29, 1.82) is 0 Å². The van der Waals surface area contributed by atoms with E-state index in [1.807, 2.05) is 0 Å². The van der Waals surface area contributed by atoms with E-state index >= 15 is 0 Å². The molecule has 0 fully saturated rings. The van der Waals surface area contributed by atoms with Gasteiger partial charge in [-0.15, -0.1) is 0 Å². The predicted octanol–water partition coefficient (Wildman–Crippen LogP) is 1.45. The van der Waals surface area contributed by atoms with Crippen molar-refractivity contribution in [3.05, 3.63) is 28.3 Å². The van der Waals surface area contributed by atoms with Gasteiger partial charge in [0.2, 0.25) is 0 Å². The van der Waals surface area contributed by atoms with E-state index in [1.165, 1.54) is 12.1 Å². The zero-order valence-corrected chi connectivity index (χ0v) is 10.2. The van der Waals surface area contributed by atoms with E-state index in [2.05, 4.69) is 10.7 Å². The normalized spacial score (nSPS) is 11.9. The van der Waals surface area contributed by atoms with Crippen LogP contribution in [0, 0.1) is 10.1 Å². The number of anilines is 2. The van der Waals surface area contributed by atoms with Crippen molar-refractivity contribution < 1.29 is 10.0 Å². The highest BCUT2D eigenvalue weighted by atomic mass is 16.6. The van der Waals surface area contributed by atoms with E-state index in [9.17, 15) is 10.1 Å². The molecule has 0 saturated carbocycles. The molecule has 0 saturated heterocycles. The molecule has 1 aromatic rings. The molecule has 1 aromatic carbocycles. The fourth-order valence-electron chi connectivity index (χ4n) is 1.53. The monoisotopic (exact) mass is 254 g/mol. The maximum absolute atomic E-state index is 10.7. The standard InChI is InChI=1S/C11H18N4O3/c1-8(16)3-2-4-13-9-5-10(14-12)7-11(6-9)15(17)18/h5-8,13-14,16H,2-4,12H2,1H3. The summed E-state index contributed by atoms with van der Waals surface area (Å²) in [5.74, 6) is 5.25. The van der Waals surface area contributed by atoms with Crippen LogP contribution in [0.1, 0.15) is 19.8 Å². The van der Waals surface area contributed by atoms with Crippen molar-refractivity contribution in [3.63, 3.8) is 0 Å². The number of aliphatic hydroxyl groups excluding tert-OH is 1. The summed E-state index contributed by atoms with van der Waals surface area (Å²) in [5, 5.41) is 22.9. The lowest BCUT2D eigenvalue weighted by Crippen LogP contribution is -2.09. The molecule has 100 valence electrons. The molecule has 0 spiro atoms. The third-order valence-electron chi connectivity index (χ3n) is 2.42. The van der Waals surface area contributed by atoms with E-state index in [-0.39, 0.29) is 11.8 Å². The first-order valence-corrected chi connectivity index (χ1v) is 5.71. The number of nitrogen functional groups attached to an aromatic ring is 1. The van der Waals surface area contributed by atoms with Crippen LogP contribution in [0.2, 0.25) is 0 Å². The number of benzene rings is 1. The molecular weight excluding hydrogens is 236 g/mol. The Kier molecular flexibility index (Phi) is 5.34. The number of nitro benzene ring substituents is 1. The molecule has 5 N–H and O–H groups in total. The van der Waals surface area contributed by atoms with Gasteiger partial charge in [-0.2, -0.15) is 0 Å². The zero-order chi connectivity index (χ0) is 13.5. The molecule has 0 aliphatic carbocycles. The second-order valence-electron chi connectivity index (χ2n) is 4.09. The minimum atomic E-state index is -0.470. The first-order valence-electron chi connectivity index (χ1n) is 5.71.